The molecule has 1 saturated heterocycles. The second-order valence-corrected chi connectivity index (χ2v) is 5.64. The second-order valence-electron chi connectivity index (χ2n) is 5.64. The van der Waals surface area contributed by atoms with Gasteiger partial charge in [0.1, 0.15) is 0 Å². The first-order valence-electron chi connectivity index (χ1n) is 7.59. The van der Waals surface area contributed by atoms with Crippen molar-refractivity contribution in [1.82, 2.24) is 9.80 Å². The predicted octanol–water partition coefficient (Wildman–Crippen LogP) is 1.16. The van der Waals surface area contributed by atoms with Gasteiger partial charge in [0.25, 0.3) is 5.91 Å². The highest BCUT2D eigenvalue weighted by atomic mass is 16.5. The van der Waals surface area contributed by atoms with Crippen LogP contribution in [-0.2, 0) is 11.2 Å². The molecule has 1 aliphatic heterocycles. The van der Waals surface area contributed by atoms with Gasteiger partial charge in [0.05, 0.1) is 14.2 Å². The SMILES string of the molecule is COc1ccc(C[C@@H](N=O)C(=O)N2CCN(C)CC2)cc1OC. The summed E-state index contributed by atoms with van der Waals surface area (Å²) in [5, 5.41) is 3.05. The molecule has 1 aliphatic rings. The summed E-state index contributed by atoms with van der Waals surface area (Å²) in [5.74, 6) is 0.974. The molecule has 0 unspecified atom stereocenters. The molecule has 1 amide bonds. The summed E-state index contributed by atoms with van der Waals surface area (Å²) in [6.45, 7) is 2.89. The van der Waals surface area contributed by atoms with Crippen LogP contribution in [0, 0.1) is 4.91 Å². The maximum atomic E-state index is 12.5. The van der Waals surface area contributed by atoms with E-state index < -0.39 is 6.04 Å². The van der Waals surface area contributed by atoms with E-state index in [1.807, 2.05) is 13.1 Å². The quantitative estimate of drug-likeness (QED) is 0.735. The molecule has 1 aromatic rings. The molecule has 23 heavy (non-hydrogen) atoms. The van der Waals surface area contributed by atoms with Gasteiger partial charge in [0.2, 0.25) is 0 Å². The summed E-state index contributed by atoms with van der Waals surface area (Å²) in [5.41, 5.74) is 0.815. The molecule has 1 aromatic carbocycles. The van der Waals surface area contributed by atoms with Crippen LogP contribution < -0.4 is 9.47 Å². The van der Waals surface area contributed by atoms with Gasteiger partial charge >= 0.3 is 0 Å². The number of rotatable bonds is 6. The van der Waals surface area contributed by atoms with E-state index in [2.05, 4.69) is 10.1 Å². The molecular formula is C16H23N3O4. The van der Waals surface area contributed by atoms with Crippen molar-refractivity contribution in [3.8, 4) is 11.5 Å². The summed E-state index contributed by atoms with van der Waals surface area (Å²) < 4.78 is 10.4. The minimum Gasteiger partial charge on any atom is -0.493 e. The number of methoxy groups -OCH3 is 2. The Labute approximate surface area is 136 Å². The number of ether oxygens (including phenoxy) is 2. The van der Waals surface area contributed by atoms with Crippen LogP contribution in [0.5, 0.6) is 11.5 Å². The van der Waals surface area contributed by atoms with E-state index in [1.165, 1.54) is 0 Å². The van der Waals surface area contributed by atoms with Gasteiger partial charge in [-0.05, 0) is 24.7 Å². The fraction of sp³-hybridized carbons (Fsp3) is 0.562. The standard InChI is InChI=1S/C16H23N3O4/c1-18-6-8-19(9-7-18)16(20)13(17-21)10-12-4-5-14(22-2)15(11-12)23-3/h4-5,11,13H,6-10H2,1-3H3/t13-/m1/s1. The number of carbonyl (C=O) groups is 1. The molecule has 0 aliphatic carbocycles. The zero-order chi connectivity index (χ0) is 16.8. The molecular weight excluding hydrogens is 298 g/mol. The summed E-state index contributed by atoms with van der Waals surface area (Å²) in [4.78, 5) is 27.5. The lowest BCUT2D eigenvalue weighted by atomic mass is 10.0. The summed E-state index contributed by atoms with van der Waals surface area (Å²) in [6, 6.07) is 4.44. The molecule has 1 atom stereocenters. The number of nitrogens with zero attached hydrogens (tertiary/aromatic N) is 3. The zero-order valence-corrected chi connectivity index (χ0v) is 13.8. The molecule has 7 nitrogen and oxygen atoms in total. The lowest BCUT2D eigenvalue weighted by Gasteiger charge is -2.33. The van der Waals surface area contributed by atoms with Gasteiger partial charge in [-0.15, -0.1) is 4.91 Å². The number of nitroso groups, excluding NO2 is 1. The Kier molecular flexibility index (Phi) is 5.92. The van der Waals surface area contributed by atoms with Gasteiger partial charge in [-0.3, -0.25) is 4.79 Å². The lowest BCUT2D eigenvalue weighted by Crippen LogP contribution is -2.50. The topological polar surface area (TPSA) is 71.4 Å². The van der Waals surface area contributed by atoms with E-state index in [1.54, 1.807) is 31.3 Å². The molecule has 1 fully saturated rings. The van der Waals surface area contributed by atoms with Crippen molar-refractivity contribution in [2.45, 2.75) is 12.5 Å². The normalized spacial score (nSPS) is 16.7. The number of hydrogen-bond acceptors (Lipinski definition) is 6. The molecule has 0 spiro atoms. The summed E-state index contributed by atoms with van der Waals surface area (Å²) in [6.07, 6.45) is 0.259. The number of hydrogen-bond donors (Lipinski definition) is 0. The minimum absolute atomic E-state index is 0.206. The van der Waals surface area contributed by atoms with Crippen molar-refractivity contribution in [3.05, 3.63) is 28.7 Å². The Morgan fingerprint density at radius 2 is 1.83 bits per heavy atom. The first-order valence-corrected chi connectivity index (χ1v) is 7.59. The fourth-order valence-electron chi connectivity index (χ4n) is 2.64. The molecule has 126 valence electrons. The third-order valence-corrected chi connectivity index (χ3v) is 4.10. The highest BCUT2D eigenvalue weighted by Gasteiger charge is 2.28. The molecule has 0 saturated carbocycles. The van der Waals surface area contributed by atoms with E-state index in [4.69, 9.17) is 9.47 Å². The number of piperazine rings is 1. The number of carbonyl (C=O) groups excluding carboxylic acids is 1. The van der Waals surface area contributed by atoms with Gasteiger partial charge in [-0.1, -0.05) is 11.2 Å². The smallest absolute Gasteiger partial charge is 0.251 e. The zero-order valence-electron chi connectivity index (χ0n) is 13.8. The number of likely N-dealkylation sites (N-methyl/N-ethyl adjacent to an activating group) is 1. The van der Waals surface area contributed by atoms with E-state index in [-0.39, 0.29) is 12.3 Å². The van der Waals surface area contributed by atoms with Crippen LogP contribution >= 0.6 is 0 Å². The van der Waals surface area contributed by atoms with Crippen LogP contribution in [0.15, 0.2) is 23.4 Å². The van der Waals surface area contributed by atoms with Gasteiger partial charge in [0.15, 0.2) is 17.5 Å². The van der Waals surface area contributed by atoms with E-state index in [9.17, 15) is 9.70 Å². The molecule has 1 heterocycles. The van der Waals surface area contributed by atoms with Crippen molar-refractivity contribution >= 4 is 5.91 Å². The van der Waals surface area contributed by atoms with Crippen LogP contribution in [0.4, 0.5) is 0 Å². The Hall–Kier alpha value is -2.15. The van der Waals surface area contributed by atoms with Crippen LogP contribution in [0.1, 0.15) is 5.56 Å². The van der Waals surface area contributed by atoms with Crippen molar-refractivity contribution in [2.75, 3.05) is 47.4 Å². The summed E-state index contributed by atoms with van der Waals surface area (Å²) >= 11 is 0. The molecule has 0 bridgehead atoms. The lowest BCUT2D eigenvalue weighted by molar-refractivity contribution is -0.134. The first-order chi connectivity index (χ1) is 11.1. The Morgan fingerprint density at radius 3 is 2.39 bits per heavy atom. The van der Waals surface area contributed by atoms with Crippen molar-refractivity contribution in [2.24, 2.45) is 5.18 Å². The number of benzene rings is 1. The van der Waals surface area contributed by atoms with Gasteiger partial charge in [0, 0.05) is 32.6 Å². The highest BCUT2D eigenvalue weighted by Crippen LogP contribution is 2.28. The molecule has 7 heteroatoms. The predicted molar refractivity (Wildman–Crippen MR) is 86.9 cm³/mol. The highest BCUT2D eigenvalue weighted by molar-refractivity contribution is 5.82. The van der Waals surface area contributed by atoms with E-state index in [0.29, 0.717) is 24.6 Å². The first kappa shape index (κ1) is 17.2. The van der Waals surface area contributed by atoms with Crippen LogP contribution in [0.25, 0.3) is 0 Å². The maximum absolute atomic E-state index is 12.5. The summed E-state index contributed by atoms with van der Waals surface area (Å²) in [7, 11) is 5.12. The maximum Gasteiger partial charge on any atom is 0.251 e. The second kappa shape index (κ2) is 7.92. The Morgan fingerprint density at radius 1 is 1.17 bits per heavy atom. The van der Waals surface area contributed by atoms with E-state index >= 15 is 0 Å². The van der Waals surface area contributed by atoms with Gasteiger partial charge < -0.3 is 19.3 Å². The molecule has 0 aromatic heterocycles. The number of amides is 1. The fourth-order valence-corrected chi connectivity index (χ4v) is 2.64. The largest absolute Gasteiger partial charge is 0.493 e. The third-order valence-electron chi connectivity index (χ3n) is 4.10. The monoisotopic (exact) mass is 321 g/mol. The molecule has 0 radical (unpaired) electrons. The molecule has 0 N–H and O–H groups in total. The van der Waals surface area contributed by atoms with Crippen molar-refractivity contribution in [3.63, 3.8) is 0 Å². The van der Waals surface area contributed by atoms with Gasteiger partial charge in [-0.25, -0.2) is 0 Å². The Bertz CT molecular complexity index is 556. The van der Waals surface area contributed by atoms with Crippen molar-refractivity contribution in [1.29, 1.82) is 0 Å². The Balaban J connectivity index is 2.07. The van der Waals surface area contributed by atoms with E-state index in [0.717, 1.165) is 18.7 Å². The van der Waals surface area contributed by atoms with Crippen LogP contribution in [0.3, 0.4) is 0 Å². The van der Waals surface area contributed by atoms with Crippen LogP contribution in [-0.4, -0.2) is 69.2 Å². The van der Waals surface area contributed by atoms with Gasteiger partial charge in [-0.2, -0.15) is 0 Å². The average molecular weight is 321 g/mol. The minimum atomic E-state index is -0.906. The van der Waals surface area contributed by atoms with Crippen LogP contribution in [0.2, 0.25) is 0 Å². The molecule has 2 rings (SSSR count). The average Bonchev–Trinajstić information content (AvgIpc) is 2.59. The third kappa shape index (κ3) is 4.19. The van der Waals surface area contributed by atoms with Crippen molar-refractivity contribution < 1.29 is 14.3 Å².